The summed E-state index contributed by atoms with van der Waals surface area (Å²) >= 11 is 0. The maximum atomic E-state index is 6.11. The van der Waals surface area contributed by atoms with Gasteiger partial charge in [-0.05, 0) is 69.6 Å². The average molecular weight is 519 g/mol. The number of hydrogen-bond donors (Lipinski definition) is 0. The van der Waals surface area contributed by atoms with Crippen LogP contribution < -0.4 is 0 Å². The standard InChI is InChI=1S/C37H30N2O/c1-37(2,3)29-18-13-26(14-19-29)27-15-20-30(21-16-27)39-34-12-8-7-11-33(34)38-36(39)32-24-40-35-23-28(17-22-31(32)35)25-9-5-4-6-10-25/h4-24H,1-3H3. The van der Waals surface area contributed by atoms with Gasteiger partial charge in [0.15, 0.2) is 0 Å². The molecular formula is C37H30N2O. The van der Waals surface area contributed by atoms with Gasteiger partial charge in [0, 0.05) is 11.1 Å². The molecule has 7 rings (SSSR count). The third kappa shape index (κ3) is 4.20. The third-order valence-corrected chi connectivity index (χ3v) is 7.69. The molecule has 194 valence electrons. The maximum absolute atomic E-state index is 6.11. The van der Waals surface area contributed by atoms with Crippen molar-refractivity contribution >= 4 is 22.0 Å². The molecule has 0 saturated carbocycles. The molecule has 7 aromatic rings. The second-order valence-corrected chi connectivity index (χ2v) is 11.4. The van der Waals surface area contributed by atoms with E-state index in [1.54, 1.807) is 0 Å². The van der Waals surface area contributed by atoms with E-state index in [0.717, 1.165) is 44.6 Å². The highest BCUT2D eigenvalue weighted by Crippen LogP contribution is 2.36. The Balaban J connectivity index is 1.31. The second kappa shape index (κ2) is 9.39. The molecule has 0 amide bonds. The van der Waals surface area contributed by atoms with Crippen LogP contribution in [0.1, 0.15) is 26.3 Å². The summed E-state index contributed by atoms with van der Waals surface area (Å²) in [5.74, 6) is 0.870. The number of fused-ring (bicyclic) bond motifs is 2. The summed E-state index contributed by atoms with van der Waals surface area (Å²) in [6.07, 6.45) is 1.84. The van der Waals surface area contributed by atoms with Crippen molar-refractivity contribution in [2.24, 2.45) is 0 Å². The van der Waals surface area contributed by atoms with Crippen LogP contribution in [0.2, 0.25) is 0 Å². The topological polar surface area (TPSA) is 31.0 Å². The van der Waals surface area contributed by atoms with Crippen molar-refractivity contribution in [2.75, 3.05) is 0 Å². The van der Waals surface area contributed by atoms with Crippen LogP contribution in [0.15, 0.2) is 132 Å². The fourth-order valence-corrected chi connectivity index (χ4v) is 5.45. The minimum atomic E-state index is 0.141. The van der Waals surface area contributed by atoms with E-state index < -0.39 is 0 Å². The van der Waals surface area contributed by atoms with E-state index in [-0.39, 0.29) is 5.41 Å². The van der Waals surface area contributed by atoms with Gasteiger partial charge in [0.05, 0.1) is 16.6 Å². The van der Waals surface area contributed by atoms with Crippen LogP contribution in [0, 0.1) is 0 Å². The van der Waals surface area contributed by atoms with Crippen molar-refractivity contribution in [2.45, 2.75) is 26.2 Å². The molecule has 0 saturated heterocycles. The summed E-state index contributed by atoms with van der Waals surface area (Å²) in [5.41, 5.74) is 11.1. The van der Waals surface area contributed by atoms with Gasteiger partial charge in [0.25, 0.3) is 0 Å². The third-order valence-electron chi connectivity index (χ3n) is 7.69. The van der Waals surface area contributed by atoms with Gasteiger partial charge >= 0.3 is 0 Å². The van der Waals surface area contributed by atoms with Crippen molar-refractivity contribution in [1.29, 1.82) is 0 Å². The molecule has 0 atom stereocenters. The number of aromatic nitrogens is 2. The van der Waals surface area contributed by atoms with Crippen molar-refractivity contribution in [3.8, 4) is 39.3 Å². The predicted octanol–water partition coefficient (Wildman–Crippen LogP) is 10.1. The quantitative estimate of drug-likeness (QED) is 0.232. The van der Waals surface area contributed by atoms with Crippen molar-refractivity contribution in [3.05, 3.63) is 133 Å². The lowest BCUT2D eigenvalue weighted by Crippen LogP contribution is -2.10. The Bertz CT molecular complexity index is 1950. The molecule has 2 heterocycles. The van der Waals surface area contributed by atoms with Gasteiger partial charge in [-0.15, -0.1) is 0 Å². The van der Waals surface area contributed by atoms with Gasteiger partial charge < -0.3 is 4.42 Å². The average Bonchev–Trinajstić information content (AvgIpc) is 3.58. The first-order chi connectivity index (χ1) is 19.5. The van der Waals surface area contributed by atoms with Crippen LogP contribution >= 0.6 is 0 Å². The van der Waals surface area contributed by atoms with E-state index in [1.165, 1.54) is 22.3 Å². The molecule has 0 fully saturated rings. The highest BCUT2D eigenvalue weighted by molar-refractivity contribution is 5.97. The Labute approximate surface area is 234 Å². The van der Waals surface area contributed by atoms with E-state index >= 15 is 0 Å². The van der Waals surface area contributed by atoms with Crippen LogP contribution in [-0.4, -0.2) is 9.55 Å². The Kier molecular flexibility index (Phi) is 5.67. The SMILES string of the molecule is CC(C)(C)c1ccc(-c2ccc(-n3c(-c4coc5cc(-c6ccccc6)ccc45)nc4ccccc43)cc2)cc1. The summed E-state index contributed by atoms with van der Waals surface area (Å²) in [6.45, 7) is 6.74. The van der Waals surface area contributed by atoms with E-state index in [0.29, 0.717) is 0 Å². The summed E-state index contributed by atoms with van der Waals surface area (Å²) in [4.78, 5) is 5.08. The number of hydrogen-bond acceptors (Lipinski definition) is 2. The summed E-state index contributed by atoms with van der Waals surface area (Å²) < 4.78 is 8.34. The summed E-state index contributed by atoms with van der Waals surface area (Å²) in [7, 11) is 0. The van der Waals surface area contributed by atoms with Crippen LogP contribution in [0.4, 0.5) is 0 Å². The van der Waals surface area contributed by atoms with E-state index in [9.17, 15) is 0 Å². The molecule has 0 aliphatic carbocycles. The van der Waals surface area contributed by atoms with Gasteiger partial charge in [-0.25, -0.2) is 4.98 Å². The molecule has 40 heavy (non-hydrogen) atoms. The largest absolute Gasteiger partial charge is 0.464 e. The van der Waals surface area contributed by atoms with Gasteiger partial charge in [-0.2, -0.15) is 0 Å². The molecule has 0 radical (unpaired) electrons. The monoisotopic (exact) mass is 518 g/mol. The minimum Gasteiger partial charge on any atom is -0.464 e. The highest BCUT2D eigenvalue weighted by Gasteiger charge is 2.19. The van der Waals surface area contributed by atoms with Gasteiger partial charge in [-0.3, -0.25) is 4.57 Å². The molecular weight excluding hydrogens is 488 g/mol. The lowest BCUT2D eigenvalue weighted by atomic mass is 9.86. The zero-order valence-corrected chi connectivity index (χ0v) is 22.9. The predicted molar refractivity (Wildman–Crippen MR) is 166 cm³/mol. The smallest absolute Gasteiger partial charge is 0.149 e. The molecule has 3 heteroatoms. The Morgan fingerprint density at radius 3 is 1.98 bits per heavy atom. The molecule has 5 aromatic carbocycles. The second-order valence-electron chi connectivity index (χ2n) is 11.4. The van der Waals surface area contributed by atoms with E-state index in [1.807, 2.05) is 18.4 Å². The van der Waals surface area contributed by atoms with E-state index in [2.05, 4.69) is 135 Å². The van der Waals surface area contributed by atoms with Crippen LogP contribution in [0.3, 0.4) is 0 Å². The molecule has 0 bridgehead atoms. The van der Waals surface area contributed by atoms with Crippen molar-refractivity contribution < 1.29 is 4.42 Å². The van der Waals surface area contributed by atoms with Crippen molar-refractivity contribution in [1.82, 2.24) is 9.55 Å². The maximum Gasteiger partial charge on any atom is 0.149 e. The highest BCUT2D eigenvalue weighted by atomic mass is 16.3. The lowest BCUT2D eigenvalue weighted by molar-refractivity contribution is 0.590. The number of nitrogens with zero attached hydrogens (tertiary/aromatic N) is 2. The number of rotatable bonds is 4. The molecule has 3 nitrogen and oxygen atoms in total. The molecule has 2 aromatic heterocycles. The molecule has 0 aliphatic heterocycles. The molecule has 0 N–H and O–H groups in total. The van der Waals surface area contributed by atoms with Crippen molar-refractivity contribution in [3.63, 3.8) is 0 Å². The van der Waals surface area contributed by atoms with Gasteiger partial charge in [0.1, 0.15) is 17.7 Å². The number of imidazole rings is 1. The van der Waals surface area contributed by atoms with Crippen LogP contribution in [0.5, 0.6) is 0 Å². The lowest BCUT2D eigenvalue weighted by Gasteiger charge is -2.19. The van der Waals surface area contributed by atoms with Crippen LogP contribution in [0.25, 0.3) is 61.3 Å². The molecule has 0 aliphatic rings. The number of para-hydroxylation sites is 2. The first kappa shape index (κ1) is 24.2. The summed E-state index contributed by atoms with van der Waals surface area (Å²) in [6, 6.07) is 42.7. The molecule has 0 spiro atoms. The first-order valence-electron chi connectivity index (χ1n) is 13.7. The Morgan fingerprint density at radius 1 is 0.625 bits per heavy atom. The minimum absolute atomic E-state index is 0.141. The van der Waals surface area contributed by atoms with Gasteiger partial charge in [-0.1, -0.05) is 106 Å². The zero-order chi connectivity index (χ0) is 27.3. The Hall–Kier alpha value is -4.89. The van der Waals surface area contributed by atoms with Gasteiger partial charge in [0.2, 0.25) is 0 Å². The van der Waals surface area contributed by atoms with E-state index in [4.69, 9.17) is 9.40 Å². The van der Waals surface area contributed by atoms with Crippen LogP contribution in [-0.2, 0) is 5.41 Å². The first-order valence-corrected chi connectivity index (χ1v) is 13.7. The fraction of sp³-hybridized carbons (Fsp3) is 0.108. The Morgan fingerprint density at radius 2 is 1.25 bits per heavy atom. The normalized spacial score (nSPS) is 11.9. The number of benzene rings is 5. The number of furan rings is 1. The zero-order valence-electron chi connectivity index (χ0n) is 22.9. The fourth-order valence-electron chi connectivity index (χ4n) is 5.45. The molecule has 0 unspecified atom stereocenters. The summed E-state index contributed by atoms with van der Waals surface area (Å²) in [5, 5.41) is 1.05.